The Morgan fingerprint density at radius 3 is 2.47 bits per heavy atom. The Bertz CT molecular complexity index is 432. The van der Waals surface area contributed by atoms with E-state index in [-0.39, 0.29) is 0 Å². The van der Waals surface area contributed by atoms with Crippen molar-refractivity contribution in [2.45, 2.75) is 12.0 Å². The zero-order valence-electron chi connectivity index (χ0n) is 12.3. The number of nitrogens with two attached hydrogens (primary N) is 1. The Labute approximate surface area is 115 Å². The summed E-state index contributed by atoms with van der Waals surface area (Å²) in [7, 11) is 7.28. The van der Waals surface area contributed by atoms with E-state index < -0.39 is 5.54 Å². The molecule has 4 nitrogen and oxygen atoms in total. The fourth-order valence-corrected chi connectivity index (χ4v) is 2.28. The molecule has 0 aromatic heterocycles. The number of hydrogen-bond donors (Lipinski definition) is 1. The molecule has 1 atom stereocenters. The first kappa shape index (κ1) is 15.5. The molecule has 0 spiro atoms. The van der Waals surface area contributed by atoms with E-state index >= 15 is 0 Å². The van der Waals surface area contributed by atoms with Crippen molar-refractivity contribution in [1.82, 2.24) is 4.90 Å². The summed E-state index contributed by atoms with van der Waals surface area (Å²) in [5, 5.41) is 0. The first-order valence-corrected chi connectivity index (χ1v) is 6.24. The van der Waals surface area contributed by atoms with Gasteiger partial charge in [-0.1, -0.05) is 6.08 Å². The Hall–Kier alpha value is -1.52. The number of rotatable bonds is 7. The third kappa shape index (κ3) is 3.72. The molecule has 0 radical (unpaired) electrons. The minimum Gasteiger partial charge on any atom is -0.497 e. The molecular formula is C15H24N2O2. The molecule has 1 rings (SSSR count). The van der Waals surface area contributed by atoms with Crippen molar-refractivity contribution in [2.75, 3.05) is 34.9 Å². The van der Waals surface area contributed by atoms with Crippen molar-refractivity contribution in [3.63, 3.8) is 0 Å². The summed E-state index contributed by atoms with van der Waals surface area (Å²) in [6, 6.07) is 5.69. The van der Waals surface area contributed by atoms with E-state index in [1.165, 1.54) is 0 Å². The fraction of sp³-hybridized carbons (Fsp3) is 0.467. The molecule has 0 amide bonds. The maximum Gasteiger partial charge on any atom is 0.124 e. The lowest BCUT2D eigenvalue weighted by Gasteiger charge is -2.33. The summed E-state index contributed by atoms with van der Waals surface area (Å²) in [6.07, 6.45) is 2.50. The maximum absolute atomic E-state index is 6.58. The molecule has 0 saturated heterocycles. The third-order valence-corrected chi connectivity index (χ3v) is 3.05. The Morgan fingerprint density at radius 1 is 1.32 bits per heavy atom. The van der Waals surface area contributed by atoms with Crippen LogP contribution in [-0.2, 0) is 5.54 Å². The number of likely N-dealkylation sites (N-methyl/N-ethyl adjacent to an activating group) is 1. The van der Waals surface area contributed by atoms with Gasteiger partial charge in [-0.3, -0.25) is 0 Å². The van der Waals surface area contributed by atoms with Crippen LogP contribution < -0.4 is 15.2 Å². The van der Waals surface area contributed by atoms with Crippen molar-refractivity contribution < 1.29 is 9.47 Å². The topological polar surface area (TPSA) is 47.7 Å². The average Bonchev–Trinajstić information content (AvgIpc) is 2.37. The highest BCUT2D eigenvalue weighted by Crippen LogP contribution is 2.34. The molecule has 4 heteroatoms. The van der Waals surface area contributed by atoms with E-state index in [1.807, 2.05) is 38.4 Å². The highest BCUT2D eigenvalue weighted by Gasteiger charge is 2.30. The van der Waals surface area contributed by atoms with Crippen molar-refractivity contribution in [1.29, 1.82) is 0 Å². The highest BCUT2D eigenvalue weighted by atomic mass is 16.5. The van der Waals surface area contributed by atoms with Crippen LogP contribution in [0.15, 0.2) is 30.9 Å². The smallest absolute Gasteiger partial charge is 0.124 e. The average molecular weight is 264 g/mol. The van der Waals surface area contributed by atoms with Crippen LogP contribution in [0.4, 0.5) is 0 Å². The van der Waals surface area contributed by atoms with E-state index in [0.717, 1.165) is 17.1 Å². The number of nitrogens with zero attached hydrogens (tertiary/aromatic N) is 1. The summed E-state index contributed by atoms with van der Waals surface area (Å²) in [5.41, 5.74) is 6.97. The second kappa shape index (κ2) is 6.59. The zero-order valence-corrected chi connectivity index (χ0v) is 12.3. The van der Waals surface area contributed by atoms with Crippen molar-refractivity contribution in [3.05, 3.63) is 36.4 Å². The minimum absolute atomic E-state index is 0.550. The van der Waals surface area contributed by atoms with Crippen LogP contribution in [-0.4, -0.2) is 39.8 Å². The zero-order chi connectivity index (χ0) is 14.5. The molecular weight excluding hydrogens is 240 g/mol. The molecule has 1 aromatic carbocycles. The van der Waals surface area contributed by atoms with Gasteiger partial charge in [-0.2, -0.15) is 0 Å². The van der Waals surface area contributed by atoms with Crippen molar-refractivity contribution in [2.24, 2.45) is 5.73 Å². The lowest BCUT2D eigenvalue weighted by molar-refractivity contribution is 0.277. The minimum atomic E-state index is -0.550. The summed E-state index contributed by atoms with van der Waals surface area (Å²) in [4.78, 5) is 2.06. The van der Waals surface area contributed by atoms with Crippen LogP contribution in [0.3, 0.4) is 0 Å². The molecule has 0 aliphatic carbocycles. The molecule has 0 bridgehead atoms. The Balaban J connectivity index is 3.30. The molecule has 1 unspecified atom stereocenters. The lowest BCUT2D eigenvalue weighted by Crippen LogP contribution is -2.45. The molecule has 0 heterocycles. The number of hydrogen-bond acceptors (Lipinski definition) is 4. The quantitative estimate of drug-likeness (QED) is 0.765. The predicted octanol–water partition coefficient (Wildman–Crippen LogP) is 2.00. The van der Waals surface area contributed by atoms with Gasteiger partial charge in [-0.15, -0.1) is 6.58 Å². The normalized spacial score (nSPS) is 14.0. The summed E-state index contributed by atoms with van der Waals surface area (Å²) in [6.45, 7) is 4.50. The molecule has 2 N–H and O–H groups in total. The molecule has 19 heavy (non-hydrogen) atoms. The summed E-state index contributed by atoms with van der Waals surface area (Å²) < 4.78 is 10.7. The maximum atomic E-state index is 6.58. The van der Waals surface area contributed by atoms with Gasteiger partial charge in [0.1, 0.15) is 11.5 Å². The molecule has 0 fully saturated rings. The van der Waals surface area contributed by atoms with Crippen LogP contribution >= 0.6 is 0 Å². The summed E-state index contributed by atoms with van der Waals surface area (Å²) in [5.74, 6) is 1.54. The Morgan fingerprint density at radius 2 is 2.00 bits per heavy atom. The highest BCUT2D eigenvalue weighted by molar-refractivity contribution is 5.45. The lowest BCUT2D eigenvalue weighted by atomic mass is 9.86. The van der Waals surface area contributed by atoms with Gasteiger partial charge in [0.05, 0.1) is 19.8 Å². The second-order valence-electron chi connectivity index (χ2n) is 4.95. The van der Waals surface area contributed by atoms with Crippen molar-refractivity contribution in [3.8, 4) is 11.5 Å². The van der Waals surface area contributed by atoms with E-state index in [9.17, 15) is 0 Å². The van der Waals surface area contributed by atoms with Crippen LogP contribution in [0, 0.1) is 0 Å². The van der Waals surface area contributed by atoms with Gasteiger partial charge < -0.3 is 20.1 Å². The van der Waals surface area contributed by atoms with E-state index in [2.05, 4.69) is 11.5 Å². The number of ether oxygens (including phenoxy) is 2. The van der Waals surface area contributed by atoms with E-state index in [0.29, 0.717) is 13.0 Å². The molecule has 0 saturated carbocycles. The van der Waals surface area contributed by atoms with Gasteiger partial charge in [-0.05, 0) is 38.7 Å². The summed E-state index contributed by atoms with van der Waals surface area (Å²) >= 11 is 0. The third-order valence-electron chi connectivity index (χ3n) is 3.05. The van der Waals surface area contributed by atoms with Crippen LogP contribution in [0.1, 0.15) is 12.0 Å². The molecule has 1 aromatic rings. The van der Waals surface area contributed by atoms with Gasteiger partial charge in [0.25, 0.3) is 0 Å². The molecule has 0 aliphatic heterocycles. The van der Waals surface area contributed by atoms with Gasteiger partial charge in [-0.25, -0.2) is 0 Å². The standard InChI is InChI=1S/C15H24N2O2/c1-6-9-15(16,11-17(2)3)13-10-12(18-4)7-8-14(13)19-5/h6-8,10H,1,9,11,16H2,2-5H3. The molecule has 0 aliphatic rings. The van der Waals surface area contributed by atoms with Crippen LogP contribution in [0.25, 0.3) is 0 Å². The monoisotopic (exact) mass is 264 g/mol. The van der Waals surface area contributed by atoms with Crippen LogP contribution in [0.2, 0.25) is 0 Å². The van der Waals surface area contributed by atoms with Gasteiger partial charge >= 0.3 is 0 Å². The van der Waals surface area contributed by atoms with E-state index in [1.54, 1.807) is 14.2 Å². The number of benzene rings is 1. The van der Waals surface area contributed by atoms with Gasteiger partial charge in [0, 0.05) is 12.1 Å². The first-order chi connectivity index (χ1) is 8.96. The Kier molecular flexibility index (Phi) is 5.39. The van der Waals surface area contributed by atoms with E-state index in [4.69, 9.17) is 15.2 Å². The fourth-order valence-electron chi connectivity index (χ4n) is 2.28. The second-order valence-corrected chi connectivity index (χ2v) is 4.95. The van der Waals surface area contributed by atoms with Crippen LogP contribution in [0.5, 0.6) is 11.5 Å². The van der Waals surface area contributed by atoms with Crippen molar-refractivity contribution >= 4 is 0 Å². The van der Waals surface area contributed by atoms with Gasteiger partial charge in [0.2, 0.25) is 0 Å². The largest absolute Gasteiger partial charge is 0.497 e. The number of methoxy groups -OCH3 is 2. The molecule has 106 valence electrons. The predicted molar refractivity (Wildman–Crippen MR) is 78.8 cm³/mol. The SMILES string of the molecule is C=CCC(N)(CN(C)C)c1cc(OC)ccc1OC. The first-order valence-electron chi connectivity index (χ1n) is 6.24. The van der Waals surface area contributed by atoms with Gasteiger partial charge in [0.15, 0.2) is 0 Å².